The van der Waals surface area contributed by atoms with E-state index in [0.29, 0.717) is 5.75 Å². The lowest BCUT2D eigenvalue weighted by molar-refractivity contribution is -0.139. The molecule has 0 bridgehead atoms. The van der Waals surface area contributed by atoms with Crippen LogP contribution in [0.2, 0.25) is 10.0 Å². The van der Waals surface area contributed by atoms with Crippen LogP contribution in [0.25, 0.3) is 0 Å². The summed E-state index contributed by atoms with van der Waals surface area (Å²) < 4.78 is 34.3. The van der Waals surface area contributed by atoms with E-state index in [2.05, 4.69) is 5.32 Å². The highest BCUT2D eigenvalue weighted by Gasteiger charge is 2.33. The van der Waals surface area contributed by atoms with Crippen molar-refractivity contribution in [1.29, 1.82) is 0 Å². The van der Waals surface area contributed by atoms with Crippen LogP contribution < -0.4 is 14.4 Å². The molecule has 3 aromatic carbocycles. The zero-order chi connectivity index (χ0) is 30.4. The van der Waals surface area contributed by atoms with Crippen LogP contribution in [0.3, 0.4) is 0 Å². The first kappa shape index (κ1) is 31.7. The normalized spacial score (nSPS) is 14.3. The number of hydrogen-bond acceptors (Lipinski definition) is 5. The van der Waals surface area contributed by atoms with Gasteiger partial charge in [0.1, 0.15) is 18.3 Å². The Labute approximate surface area is 257 Å². The van der Waals surface area contributed by atoms with Gasteiger partial charge in [-0.1, -0.05) is 65.9 Å². The fourth-order valence-electron chi connectivity index (χ4n) is 4.95. The molecule has 1 aliphatic carbocycles. The molecule has 224 valence electrons. The van der Waals surface area contributed by atoms with Crippen molar-refractivity contribution >= 4 is 50.7 Å². The second-order valence-corrected chi connectivity index (χ2v) is 13.1. The van der Waals surface area contributed by atoms with E-state index in [1.54, 1.807) is 44.4 Å². The number of carbonyl (C=O) groups is 2. The molecular formula is C31H35Cl2N3O5S. The zero-order valence-corrected chi connectivity index (χ0v) is 26.2. The quantitative estimate of drug-likeness (QED) is 0.281. The van der Waals surface area contributed by atoms with Crippen LogP contribution in [0.1, 0.15) is 43.7 Å². The molecule has 0 spiro atoms. The first-order valence-corrected chi connectivity index (χ1v) is 16.0. The molecule has 2 amide bonds. The van der Waals surface area contributed by atoms with Gasteiger partial charge in [-0.05, 0) is 74.7 Å². The van der Waals surface area contributed by atoms with Crippen molar-refractivity contribution in [2.75, 3.05) is 18.0 Å². The average molecular weight is 633 g/mol. The molecule has 0 radical (unpaired) electrons. The van der Waals surface area contributed by atoms with Gasteiger partial charge in [-0.25, -0.2) is 8.42 Å². The van der Waals surface area contributed by atoms with Crippen LogP contribution in [0, 0.1) is 6.92 Å². The van der Waals surface area contributed by atoms with Crippen LogP contribution in [0.4, 0.5) is 5.69 Å². The number of nitrogens with zero attached hydrogens (tertiary/aromatic N) is 2. The Morgan fingerprint density at radius 2 is 1.69 bits per heavy atom. The molecule has 1 fully saturated rings. The third-order valence-corrected chi connectivity index (χ3v) is 9.96. The number of nitrogens with one attached hydrogen (secondary N) is 1. The number of methoxy groups -OCH3 is 1. The van der Waals surface area contributed by atoms with E-state index in [1.165, 1.54) is 35.2 Å². The average Bonchev–Trinajstić information content (AvgIpc) is 3.49. The maximum atomic E-state index is 14.1. The smallest absolute Gasteiger partial charge is 0.264 e. The van der Waals surface area contributed by atoms with Crippen LogP contribution >= 0.6 is 23.2 Å². The van der Waals surface area contributed by atoms with Crippen molar-refractivity contribution in [2.24, 2.45) is 0 Å². The third-order valence-electron chi connectivity index (χ3n) is 7.43. The molecule has 0 aromatic heterocycles. The predicted molar refractivity (Wildman–Crippen MR) is 166 cm³/mol. The summed E-state index contributed by atoms with van der Waals surface area (Å²) in [5, 5.41) is 3.45. The zero-order valence-electron chi connectivity index (χ0n) is 23.8. The predicted octanol–water partition coefficient (Wildman–Crippen LogP) is 5.98. The molecular weight excluding hydrogens is 597 g/mol. The van der Waals surface area contributed by atoms with Crippen molar-refractivity contribution in [3.05, 3.63) is 87.9 Å². The lowest BCUT2D eigenvalue weighted by atomic mass is 10.1. The number of hydrogen-bond donors (Lipinski definition) is 1. The Morgan fingerprint density at radius 3 is 2.33 bits per heavy atom. The van der Waals surface area contributed by atoms with Crippen molar-refractivity contribution in [3.8, 4) is 5.75 Å². The van der Waals surface area contributed by atoms with Gasteiger partial charge in [-0.2, -0.15) is 0 Å². The minimum atomic E-state index is -4.21. The van der Waals surface area contributed by atoms with Crippen molar-refractivity contribution in [1.82, 2.24) is 10.2 Å². The van der Waals surface area contributed by atoms with Gasteiger partial charge >= 0.3 is 0 Å². The fourth-order valence-corrected chi connectivity index (χ4v) is 6.65. The maximum absolute atomic E-state index is 14.1. The maximum Gasteiger partial charge on any atom is 0.264 e. The Balaban J connectivity index is 1.71. The molecule has 8 nitrogen and oxygen atoms in total. The molecule has 11 heteroatoms. The first-order chi connectivity index (χ1) is 20.0. The summed E-state index contributed by atoms with van der Waals surface area (Å²) in [7, 11) is -2.67. The second kappa shape index (κ2) is 13.8. The van der Waals surface area contributed by atoms with E-state index >= 15 is 0 Å². The largest absolute Gasteiger partial charge is 0.497 e. The summed E-state index contributed by atoms with van der Waals surface area (Å²) in [6.45, 7) is 3.00. The van der Waals surface area contributed by atoms with Gasteiger partial charge < -0.3 is 15.0 Å². The van der Waals surface area contributed by atoms with E-state index in [4.69, 9.17) is 27.9 Å². The van der Waals surface area contributed by atoms with E-state index < -0.39 is 28.5 Å². The number of carbonyl (C=O) groups excluding carboxylic acids is 2. The monoisotopic (exact) mass is 631 g/mol. The molecule has 1 N–H and O–H groups in total. The number of aryl methyl sites for hydroxylation is 1. The van der Waals surface area contributed by atoms with Crippen molar-refractivity contribution in [3.63, 3.8) is 0 Å². The van der Waals surface area contributed by atoms with Gasteiger partial charge in [0.25, 0.3) is 10.0 Å². The van der Waals surface area contributed by atoms with Gasteiger partial charge in [0.05, 0.1) is 27.7 Å². The van der Waals surface area contributed by atoms with Gasteiger partial charge in [0.15, 0.2) is 0 Å². The summed E-state index contributed by atoms with van der Waals surface area (Å²) in [4.78, 5) is 28.9. The number of rotatable bonds is 11. The number of ether oxygens (including phenoxy) is 1. The van der Waals surface area contributed by atoms with Gasteiger partial charge in [-0.3, -0.25) is 13.9 Å². The summed E-state index contributed by atoms with van der Waals surface area (Å²) in [6, 6.07) is 17.1. The van der Waals surface area contributed by atoms with Crippen molar-refractivity contribution < 1.29 is 22.7 Å². The number of sulfonamides is 1. The minimum Gasteiger partial charge on any atom is -0.497 e. The summed E-state index contributed by atoms with van der Waals surface area (Å²) in [5.74, 6) is -0.253. The highest BCUT2D eigenvalue weighted by Crippen LogP contribution is 2.31. The van der Waals surface area contributed by atoms with E-state index in [1.807, 2.05) is 13.0 Å². The van der Waals surface area contributed by atoms with E-state index in [-0.39, 0.29) is 39.1 Å². The number of amides is 2. The molecule has 0 heterocycles. The molecule has 0 aliphatic heterocycles. The Kier molecular flexibility index (Phi) is 10.4. The number of anilines is 1. The standard InChI is InChI=1S/C31H35Cl2N3O5S/c1-21-11-14-27(15-12-21)42(39,40)36(25-13-16-28(32)29(33)18-25)20-30(37)35(19-23-7-6-10-26(17-23)41-3)22(2)31(38)34-24-8-4-5-9-24/h6-7,10-18,22,24H,4-5,8-9,19-20H2,1-3H3,(H,34,38)/t22-/m0/s1. The van der Waals surface area contributed by atoms with Gasteiger partial charge in [-0.15, -0.1) is 0 Å². The molecule has 1 aliphatic rings. The van der Waals surface area contributed by atoms with Crippen LogP contribution in [-0.2, 0) is 26.2 Å². The highest BCUT2D eigenvalue weighted by molar-refractivity contribution is 7.92. The second-order valence-electron chi connectivity index (χ2n) is 10.5. The Bertz CT molecular complexity index is 1530. The number of halogens is 2. The van der Waals surface area contributed by atoms with Gasteiger partial charge in [0, 0.05) is 12.6 Å². The summed E-state index contributed by atoms with van der Waals surface area (Å²) in [6.07, 6.45) is 3.87. The molecule has 1 atom stereocenters. The van der Waals surface area contributed by atoms with Crippen LogP contribution in [-0.4, -0.2) is 50.9 Å². The van der Waals surface area contributed by atoms with E-state index in [9.17, 15) is 18.0 Å². The SMILES string of the molecule is COc1cccc(CN(C(=O)CN(c2ccc(Cl)c(Cl)c2)S(=O)(=O)c2ccc(C)cc2)[C@@H](C)C(=O)NC2CCCC2)c1. The Hall–Kier alpha value is -3.27. The third kappa shape index (κ3) is 7.56. The van der Waals surface area contributed by atoms with Crippen molar-refractivity contribution in [2.45, 2.75) is 63.1 Å². The Morgan fingerprint density at radius 1 is 1.00 bits per heavy atom. The molecule has 1 saturated carbocycles. The molecule has 0 saturated heterocycles. The lowest BCUT2D eigenvalue weighted by Crippen LogP contribution is -2.52. The fraction of sp³-hybridized carbons (Fsp3) is 0.355. The lowest BCUT2D eigenvalue weighted by Gasteiger charge is -2.32. The number of benzene rings is 3. The van der Waals surface area contributed by atoms with E-state index in [0.717, 1.165) is 41.1 Å². The first-order valence-electron chi connectivity index (χ1n) is 13.8. The summed E-state index contributed by atoms with van der Waals surface area (Å²) >= 11 is 12.4. The molecule has 42 heavy (non-hydrogen) atoms. The molecule has 0 unspecified atom stereocenters. The summed E-state index contributed by atoms with van der Waals surface area (Å²) in [5.41, 5.74) is 1.78. The van der Waals surface area contributed by atoms with Crippen LogP contribution in [0.5, 0.6) is 5.75 Å². The molecule has 3 aromatic rings. The van der Waals surface area contributed by atoms with Crippen LogP contribution in [0.15, 0.2) is 71.6 Å². The van der Waals surface area contributed by atoms with Gasteiger partial charge in [0.2, 0.25) is 11.8 Å². The highest BCUT2D eigenvalue weighted by atomic mass is 35.5. The topological polar surface area (TPSA) is 96.0 Å². The minimum absolute atomic E-state index is 0.0124. The molecule has 4 rings (SSSR count).